The fraction of sp³-hybridized carbons (Fsp3) is 0.279. The number of aromatic nitrogens is 2. The molecule has 0 unspecified atom stereocenters. The number of aromatic amines is 1. The van der Waals surface area contributed by atoms with E-state index in [2.05, 4.69) is 49.5 Å². The number of anilines is 1. The molecule has 0 saturated carbocycles. The van der Waals surface area contributed by atoms with Crippen LogP contribution in [0.5, 0.6) is 5.75 Å². The van der Waals surface area contributed by atoms with E-state index in [9.17, 15) is 24.6 Å². The van der Waals surface area contributed by atoms with Crippen LogP contribution in [-0.2, 0) is 17.4 Å². The number of aromatic hydroxyl groups is 1. The largest absolute Gasteiger partial charge is 0.506 e. The number of nitrogens with one attached hydrogen (secondary N) is 3. The Balaban J connectivity index is 1.10. The van der Waals surface area contributed by atoms with Gasteiger partial charge in [-0.1, -0.05) is 87.5 Å². The Morgan fingerprint density at radius 1 is 1.00 bits per heavy atom. The number of rotatable bonds is 14. The number of carbonyl (C=O) groups is 1. The SMILES string of the molecule is CC(C)(C)[Si](C)(C)O[C@H](CNCCc1ccc2c(c1)oc(=O)n2CC/C=C/c1ccc(-c2ccccc2)c(NC(=O)O)c1)c1ccc(O)c2[nH]c(=O)ccc12. The summed E-state index contributed by atoms with van der Waals surface area (Å²) in [6, 6.07) is 27.7. The first-order valence-electron chi connectivity index (χ1n) is 18.4. The lowest BCUT2D eigenvalue weighted by Gasteiger charge is -2.39. The number of fused-ring (bicyclic) bond motifs is 2. The van der Waals surface area contributed by atoms with Gasteiger partial charge < -0.3 is 29.4 Å². The Bertz CT molecular complexity index is 2460. The second-order valence-electron chi connectivity index (χ2n) is 15.2. The van der Waals surface area contributed by atoms with Gasteiger partial charge in [-0.2, -0.15) is 0 Å². The zero-order chi connectivity index (χ0) is 39.3. The van der Waals surface area contributed by atoms with Crippen LogP contribution in [0.4, 0.5) is 10.5 Å². The Morgan fingerprint density at radius 2 is 1.78 bits per heavy atom. The number of allylic oxidation sites excluding steroid dienone is 1. The minimum Gasteiger partial charge on any atom is -0.506 e. The minimum atomic E-state index is -2.22. The smallest absolute Gasteiger partial charge is 0.419 e. The van der Waals surface area contributed by atoms with E-state index in [0.29, 0.717) is 49.3 Å². The number of pyridine rings is 1. The molecule has 6 aromatic rings. The molecule has 1 atom stereocenters. The summed E-state index contributed by atoms with van der Waals surface area (Å²) >= 11 is 0. The molecule has 6 rings (SSSR count). The van der Waals surface area contributed by atoms with Crippen molar-refractivity contribution in [3.05, 3.63) is 135 Å². The van der Waals surface area contributed by atoms with Gasteiger partial charge in [-0.05, 0) is 90.1 Å². The highest BCUT2D eigenvalue weighted by molar-refractivity contribution is 6.74. The van der Waals surface area contributed by atoms with Crippen molar-refractivity contribution in [3.8, 4) is 16.9 Å². The van der Waals surface area contributed by atoms with Gasteiger partial charge in [0.15, 0.2) is 13.9 Å². The van der Waals surface area contributed by atoms with E-state index in [-0.39, 0.29) is 22.5 Å². The number of H-pyrrole nitrogens is 1. The molecule has 0 fully saturated rings. The second-order valence-corrected chi connectivity index (χ2v) is 20.0. The van der Waals surface area contributed by atoms with E-state index in [1.165, 1.54) is 6.07 Å². The van der Waals surface area contributed by atoms with Crippen molar-refractivity contribution < 1.29 is 23.9 Å². The highest BCUT2D eigenvalue weighted by Gasteiger charge is 2.39. The number of benzene rings is 4. The maximum absolute atomic E-state index is 12.9. The molecule has 1 amide bonds. The van der Waals surface area contributed by atoms with E-state index in [0.717, 1.165) is 38.7 Å². The first kappa shape index (κ1) is 39.0. The van der Waals surface area contributed by atoms with Gasteiger partial charge in [-0.25, -0.2) is 9.59 Å². The number of nitrogens with zero attached hydrogens (tertiary/aromatic N) is 1. The van der Waals surface area contributed by atoms with Gasteiger partial charge in [-0.15, -0.1) is 0 Å². The number of phenolic OH excluding ortho intramolecular Hbond substituents is 1. The average molecular weight is 761 g/mol. The molecule has 0 spiro atoms. The molecule has 11 nitrogen and oxygen atoms in total. The Morgan fingerprint density at radius 3 is 2.53 bits per heavy atom. The van der Waals surface area contributed by atoms with Crippen LogP contribution in [0.2, 0.25) is 18.1 Å². The van der Waals surface area contributed by atoms with Gasteiger partial charge in [0.25, 0.3) is 0 Å². The van der Waals surface area contributed by atoms with E-state index < -0.39 is 20.2 Å². The molecule has 0 bridgehead atoms. The number of hydrogen-bond donors (Lipinski definition) is 5. The summed E-state index contributed by atoms with van der Waals surface area (Å²) in [7, 11) is -2.22. The molecule has 0 saturated heterocycles. The van der Waals surface area contributed by atoms with E-state index in [4.69, 9.17) is 8.84 Å². The molecular formula is C43H48N4O7Si. The fourth-order valence-corrected chi connectivity index (χ4v) is 7.68. The standard InChI is InChI=1S/C43H48N4O7Si/c1-43(2,3)55(4,5)54-38(32-17-20-36(48)40-33(32)18-21-39(49)46-40)27-44-23-22-29-15-19-35-37(26-29)53-42(52)47(35)24-10-9-11-28-14-16-31(30-12-7-6-8-13-30)34(25-28)45-41(50)51/h6-9,11-21,25-26,38,44-45,48H,10,22-24,27H2,1-5H3,(H,46,49)(H,50,51)/b11-9+/t38-/m1/s1. The molecule has 2 heterocycles. The van der Waals surface area contributed by atoms with Crippen molar-refractivity contribution in [2.24, 2.45) is 0 Å². The van der Waals surface area contributed by atoms with E-state index in [1.807, 2.05) is 78.9 Å². The van der Waals surface area contributed by atoms with Gasteiger partial charge >= 0.3 is 11.8 Å². The number of hydrogen-bond acceptors (Lipinski definition) is 7. The second kappa shape index (κ2) is 16.4. The van der Waals surface area contributed by atoms with E-state index in [1.54, 1.807) is 22.8 Å². The number of oxazole rings is 1. The summed E-state index contributed by atoms with van der Waals surface area (Å²) in [6.07, 6.45) is 3.65. The molecule has 55 heavy (non-hydrogen) atoms. The number of carboxylic acid groups (broad SMARTS) is 1. The maximum atomic E-state index is 12.9. The van der Waals surface area contributed by atoms with Crippen molar-refractivity contribution in [2.75, 3.05) is 18.4 Å². The zero-order valence-electron chi connectivity index (χ0n) is 31.8. The first-order valence-corrected chi connectivity index (χ1v) is 21.3. The van der Waals surface area contributed by atoms with Crippen LogP contribution in [0, 0.1) is 0 Å². The Labute approximate surface area is 320 Å². The van der Waals surface area contributed by atoms with Crippen LogP contribution < -0.4 is 21.9 Å². The fourth-order valence-electron chi connectivity index (χ4n) is 6.41. The summed E-state index contributed by atoms with van der Waals surface area (Å²) in [5.74, 6) is -0.412. The molecule has 0 aliphatic carbocycles. The van der Waals surface area contributed by atoms with Gasteiger partial charge in [0.2, 0.25) is 5.56 Å². The molecule has 0 aliphatic heterocycles. The lowest BCUT2D eigenvalue weighted by molar-refractivity contribution is 0.182. The van der Waals surface area contributed by atoms with Crippen molar-refractivity contribution >= 4 is 48.2 Å². The lowest BCUT2D eigenvalue weighted by atomic mass is 10.0. The predicted octanol–water partition coefficient (Wildman–Crippen LogP) is 8.90. The molecule has 5 N–H and O–H groups in total. The van der Waals surface area contributed by atoms with Gasteiger partial charge in [0, 0.05) is 30.1 Å². The first-order chi connectivity index (χ1) is 26.2. The summed E-state index contributed by atoms with van der Waals surface area (Å²) in [4.78, 5) is 39.2. The molecule has 2 aromatic heterocycles. The van der Waals surface area contributed by atoms with Crippen LogP contribution >= 0.6 is 0 Å². The van der Waals surface area contributed by atoms with Crippen molar-refractivity contribution in [1.82, 2.24) is 14.9 Å². The summed E-state index contributed by atoms with van der Waals surface area (Å²) in [5.41, 5.74) is 6.27. The van der Waals surface area contributed by atoms with Crippen LogP contribution in [0.3, 0.4) is 0 Å². The van der Waals surface area contributed by atoms with Crippen molar-refractivity contribution in [2.45, 2.75) is 64.4 Å². The third kappa shape index (κ3) is 9.17. The minimum absolute atomic E-state index is 0.0126. The van der Waals surface area contributed by atoms with Crippen molar-refractivity contribution in [1.29, 1.82) is 0 Å². The summed E-state index contributed by atoms with van der Waals surface area (Å²) in [5, 5.41) is 26.7. The average Bonchev–Trinajstić information content (AvgIpc) is 3.45. The third-order valence-electron chi connectivity index (χ3n) is 10.3. The monoisotopic (exact) mass is 760 g/mol. The molecule has 0 radical (unpaired) electrons. The van der Waals surface area contributed by atoms with Crippen LogP contribution in [0.25, 0.3) is 39.2 Å². The lowest BCUT2D eigenvalue weighted by Crippen LogP contribution is -2.43. The topological polar surface area (TPSA) is 159 Å². The number of phenols is 1. The molecule has 4 aromatic carbocycles. The van der Waals surface area contributed by atoms with Crippen LogP contribution in [-0.4, -0.2) is 47.3 Å². The predicted molar refractivity (Wildman–Crippen MR) is 221 cm³/mol. The summed E-state index contributed by atoms with van der Waals surface area (Å²) in [6.45, 7) is 12.6. The van der Waals surface area contributed by atoms with E-state index >= 15 is 0 Å². The summed E-state index contributed by atoms with van der Waals surface area (Å²) < 4.78 is 14.2. The van der Waals surface area contributed by atoms with Gasteiger partial charge in [0.1, 0.15) is 5.75 Å². The van der Waals surface area contributed by atoms with Crippen LogP contribution in [0.15, 0.2) is 111 Å². The molecule has 286 valence electrons. The molecular weight excluding hydrogens is 713 g/mol. The highest BCUT2D eigenvalue weighted by atomic mass is 28.4. The molecule has 0 aliphatic rings. The Hall–Kier alpha value is -5.69. The zero-order valence-corrected chi connectivity index (χ0v) is 32.8. The third-order valence-corrected chi connectivity index (χ3v) is 14.8. The number of amides is 1. The Kier molecular flexibility index (Phi) is 11.6. The van der Waals surface area contributed by atoms with Gasteiger partial charge in [0.05, 0.1) is 22.8 Å². The van der Waals surface area contributed by atoms with Crippen LogP contribution in [0.1, 0.15) is 50.0 Å². The number of aryl methyl sites for hydroxylation is 1. The normalized spacial score (nSPS) is 12.8. The quantitative estimate of drug-likeness (QED) is 0.0544. The molecule has 12 heteroatoms. The van der Waals surface area contributed by atoms with Gasteiger partial charge in [-0.3, -0.25) is 14.7 Å². The highest BCUT2D eigenvalue weighted by Crippen LogP contribution is 2.41. The maximum Gasteiger partial charge on any atom is 0.419 e. The van der Waals surface area contributed by atoms with Crippen molar-refractivity contribution in [3.63, 3.8) is 0 Å².